The fourth-order valence-electron chi connectivity index (χ4n) is 2.44. The highest BCUT2D eigenvalue weighted by Gasteiger charge is 2.13. The third-order valence-corrected chi connectivity index (χ3v) is 3.81. The second-order valence-corrected chi connectivity index (χ2v) is 5.66. The first-order chi connectivity index (χ1) is 12.1. The van der Waals surface area contributed by atoms with Crippen molar-refractivity contribution in [3.8, 4) is 17.2 Å². The molecule has 5 nitrogen and oxygen atoms in total. The third-order valence-electron chi connectivity index (χ3n) is 3.81. The smallest absolute Gasteiger partial charge is 0.260 e. The van der Waals surface area contributed by atoms with Crippen LogP contribution in [0.15, 0.2) is 48.5 Å². The van der Waals surface area contributed by atoms with E-state index in [-0.39, 0.29) is 5.91 Å². The van der Waals surface area contributed by atoms with E-state index in [1.165, 1.54) is 0 Å². The number of hydrogen-bond donors (Lipinski definition) is 1. The van der Waals surface area contributed by atoms with Crippen molar-refractivity contribution in [3.63, 3.8) is 0 Å². The van der Waals surface area contributed by atoms with Gasteiger partial charge in [-0.15, -0.1) is 0 Å². The fraction of sp³-hybridized carbons (Fsp3) is 0.350. The maximum absolute atomic E-state index is 12.1. The van der Waals surface area contributed by atoms with Gasteiger partial charge < -0.3 is 19.5 Å². The summed E-state index contributed by atoms with van der Waals surface area (Å²) in [7, 11) is 3.24. The molecule has 0 aliphatic carbocycles. The summed E-state index contributed by atoms with van der Waals surface area (Å²) < 4.78 is 16.1. The molecular formula is C20H25NO4. The minimum atomic E-state index is -0.525. The van der Waals surface area contributed by atoms with Crippen LogP contribution in [0.3, 0.4) is 0 Å². The van der Waals surface area contributed by atoms with Crippen LogP contribution in [0.1, 0.15) is 18.9 Å². The van der Waals surface area contributed by atoms with Crippen molar-refractivity contribution in [2.24, 2.45) is 0 Å². The van der Waals surface area contributed by atoms with Gasteiger partial charge in [0.25, 0.3) is 5.91 Å². The van der Waals surface area contributed by atoms with E-state index in [4.69, 9.17) is 14.2 Å². The first-order valence-corrected chi connectivity index (χ1v) is 8.34. The second-order valence-electron chi connectivity index (χ2n) is 5.66. The summed E-state index contributed by atoms with van der Waals surface area (Å²) in [6, 6.07) is 15.2. The number of hydrogen-bond acceptors (Lipinski definition) is 4. The molecule has 0 aliphatic heterocycles. The van der Waals surface area contributed by atoms with Gasteiger partial charge in [-0.1, -0.05) is 24.3 Å². The molecule has 0 aromatic heterocycles. The number of methoxy groups -OCH3 is 2. The van der Waals surface area contributed by atoms with E-state index in [9.17, 15) is 4.79 Å². The van der Waals surface area contributed by atoms with Crippen LogP contribution in [0.25, 0.3) is 0 Å². The van der Waals surface area contributed by atoms with Gasteiger partial charge in [-0.3, -0.25) is 4.79 Å². The highest BCUT2D eigenvalue weighted by atomic mass is 16.5. The van der Waals surface area contributed by atoms with Crippen LogP contribution in [0.5, 0.6) is 17.2 Å². The normalized spacial score (nSPS) is 11.5. The molecule has 0 spiro atoms. The van der Waals surface area contributed by atoms with Crippen LogP contribution in [0.2, 0.25) is 0 Å². The van der Waals surface area contributed by atoms with Crippen LogP contribution < -0.4 is 19.5 Å². The molecule has 0 radical (unpaired) electrons. The molecule has 0 fully saturated rings. The van der Waals surface area contributed by atoms with E-state index >= 15 is 0 Å². The predicted molar refractivity (Wildman–Crippen MR) is 97.4 cm³/mol. The van der Waals surface area contributed by atoms with Gasteiger partial charge in [-0.05, 0) is 49.6 Å². The van der Waals surface area contributed by atoms with Crippen molar-refractivity contribution in [1.82, 2.24) is 5.32 Å². The number of ether oxygens (including phenoxy) is 3. The lowest BCUT2D eigenvalue weighted by molar-refractivity contribution is -0.127. The van der Waals surface area contributed by atoms with Crippen LogP contribution in [-0.4, -0.2) is 32.8 Å². The Kier molecular flexibility index (Phi) is 7.14. The van der Waals surface area contributed by atoms with E-state index in [2.05, 4.69) is 5.32 Å². The Morgan fingerprint density at radius 1 is 1.04 bits per heavy atom. The van der Waals surface area contributed by atoms with E-state index in [1.54, 1.807) is 21.1 Å². The summed E-state index contributed by atoms with van der Waals surface area (Å²) in [6.45, 7) is 2.34. The lowest BCUT2D eigenvalue weighted by atomic mass is 10.1. The Morgan fingerprint density at radius 2 is 1.76 bits per heavy atom. The highest BCUT2D eigenvalue weighted by molar-refractivity contribution is 5.80. The lowest BCUT2D eigenvalue weighted by Crippen LogP contribution is -2.36. The van der Waals surface area contributed by atoms with Crippen LogP contribution in [0.4, 0.5) is 0 Å². The average molecular weight is 343 g/mol. The van der Waals surface area contributed by atoms with Gasteiger partial charge in [0, 0.05) is 6.54 Å². The first kappa shape index (κ1) is 18.6. The Bertz CT molecular complexity index is 673. The first-order valence-electron chi connectivity index (χ1n) is 8.34. The van der Waals surface area contributed by atoms with Crippen LogP contribution in [0, 0.1) is 0 Å². The molecule has 1 atom stereocenters. The van der Waals surface area contributed by atoms with Crippen molar-refractivity contribution in [2.75, 3.05) is 20.8 Å². The number of amides is 1. The maximum Gasteiger partial charge on any atom is 0.260 e. The monoisotopic (exact) mass is 343 g/mol. The van der Waals surface area contributed by atoms with Crippen LogP contribution in [-0.2, 0) is 11.2 Å². The molecule has 5 heteroatoms. The van der Waals surface area contributed by atoms with Crippen molar-refractivity contribution in [1.29, 1.82) is 0 Å². The number of aryl methyl sites for hydroxylation is 1. The van der Waals surface area contributed by atoms with Gasteiger partial charge in [0.05, 0.1) is 14.2 Å². The Labute approximate surface area is 148 Å². The summed E-state index contributed by atoms with van der Waals surface area (Å²) in [5.41, 5.74) is 1.14. The molecule has 25 heavy (non-hydrogen) atoms. The molecule has 0 saturated heterocycles. The molecule has 134 valence electrons. The third kappa shape index (κ3) is 5.71. The zero-order chi connectivity index (χ0) is 18.1. The predicted octanol–water partition coefficient (Wildman–Crippen LogP) is 3.22. The van der Waals surface area contributed by atoms with E-state index in [0.717, 1.165) is 18.4 Å². The van der Waals surface area contributed by atoms with E-state index in [1.807, 2.05) is 48.5 Å². The maximum atomic E-state index is 12.1. The lowest BCUT2D eigenvalue weighted by Gasteiger charge is -2.14. The average Bonchev–Trinajstić information content (AvgIpc) is 2.65. The van der Waals surface area contributed by atoms with Crippen molar-refractivity contribution >= 4 is 5.91 Å². The molecule has 0 aliphatic rings. The zero-order valence-electron chi connectivity index (χ0n) is 15.0. The summed E-state index contributed by atoms with van der Waals surface area (Å²) in [5.74, 6) is 2.01. The van der Waals surface area contributed by atoms with E-state index in [0.29, 0.717) is 23.8 Å². The Hall–Kier alpha value is -2.69. The Balaban J connectivity index is 1.74. The minimum absolute atomic E-state index is 0.115. The molecule has 0 bridgehead atoms. The van der Waals surface area contributed by atoms with Gasteiger partial charge in [0.15, 0.2) is 17.6 Å². The number of nitrogens with one attached hydrogen (secondary N) is 1. The SMILES string of the molecule is COc1ccc(CCCNC(=O)[C@H](C)Oc2ccccc2)cc1OC. The zero-order valence-corrected chi connectivity index (χ0v) is 15.0. The van der Waals surface area contributed by atoms with Crippen LogP contribution >= 0.6 is 0 Å². The summed E-state index contributed by atoms with van der Waals surface area (Å²) in [6.07, 6.45) is 1.15. The highest BCUT2D eigenvalue weighted by Crippen LogP contribution is 2.27. The largest absolute Gasteiger partial charge is 0.493 e. The molecule has 0 unspecified atom stereocenters. The number of para-hydroxylation sites is 1. The van der Waals surface area contributed by atoms with Crippen molar-refractivity contribution < 1.29 is 19.0 Å². The summed E-state index contributed by atoms with van der Waals surface area (Å²) in [4.78, 5) is 12.1. The van der Waals surface area contributed by atoms with Crippen molar-refractivity contribution in [3.05, 3.63) is 54.1 Å². The second kappa shape index (κ2) is 9.57. The fourth-order valence-corrected chi connectivity index (χ4v) is 2.44. The quantitative estimate of drug-likeness (QED) is 0.710. The standard InChI is InChI=1S/C20H25NO4/c1-15(25-17-9-5-4-6-10-17)20(22)21-13-7-8-16-11-12-18(23-2)19(14-16)24-3/h4-6,9-12,14-15H,7-8,13H2,1-3H3,(H,21,22)/t15-/m0/s1. The summed E-state index contributed by atoms with van der Waals surface area (Å²) in [5, 5.41) is 2.90. The molecule has 1 amide bonds. The molecule has 0 heterocycles. The van der Waals surface area contributed by atoms with Gasteiger partial charge in [-0.2, -0.15) is 0 Å². The summed E-state index contributed by atoms with van der Waals surface area (Å²) >= 11 is 0. The molecule has 2 aromatic rings. The number of carbonyl (C=O) groups is 1. The van der Waals surface area contributed by atoms with Gasteiger partial charge >= 0.3 is 0 Å². The molecule has 0 saturated carbocycles. The Morgan fingerprint density at radius 3 is 2.44 bits per heavy atom. The molecule has 2 aromatic carbocycles. The van der Waals surface area contributed by atoms with Gasteiger partial charge in [-0.25, -0.2) is 0 Å². The van der Waals surface area contributed by atoms with Crippen molar-refractivity contribution in [2.45, 2.75) is 25.9 Å². The number of carbonyl (C=O) groups excluding carboxylic acids is 1. The number of benzene rings is 2. The van der Waals surface area contributed by atoms with Gasteiger partial charge in [0.2, 0.25) is 0 Å². The molecular weight excluding hydrogens is 318 g/mol. The molecule has 1 N–H and O–H groups in total. The van der Waals surface area contributed by atoms with Gasteiger partial charge in [0.1, 0.15) is 5.75 Å². The molecule has 2 rings (SSSR count). The van der Waals surface area contributed by atoms with E-state index < -0.39 is 6.10 Å². The minimum Gasteiger partial charge on any atom is -0.493 e. The number of rotatable bonds is 9. The topological polar surface area (TPSA) is 56.8 Å².